The third-order valence-corrected chi connectivity index (χ3v) is 4.77. The molecule has 26 heavy (non-hydrogen) atoms. The van der Waals surface area contributed by atoms with Crippen molar-refractivity contribution < 1.29 is 27.5 Å². The number of urea groups is 1. The summed E-state index contributed by atoms with van der Waals surface area (Å²) < 4.78 is 29.7. The molecule has 0 aliphatic carbocycles. The summed E-state index contributed by atoms with van der Waals surface area (Å²) in [5, 5.41) is 4.56. The first kappa shape index (κ1) is 21.6. The Morgan fingerprint density at radius 3 is 2.08 bits per heavy atom. The first-order chi connectivity index (χ1) is 11.8. The van der Waals surface area contributed by atoms with Crippen LogP contribution >= 0.6 is 0 Å². The molecule has 0 atom stereocenters. The van der Waals surface area contributed by atoms with Crippen LogP contribution < -0.4 is 10.6 Å². The zero-order chi connectivity index (χ0) is 20.1. The second kappa shape index (κ2) is 8.28. The number of carbonyl (C=O) groups excluding carboxylic acids is 3. The van der Waals surface area contributed by atoms with Crippen molar-refractivity contribution in [2.45, 2.75) is 31.2 Å². The molecule has 0 aliphatic heterocycles. The van der Waals surface area contributed by atoms with Crippen LogP contribution in [0.5, 0.6) is 0 Å². The highest BCUT2D eigenvalue weighted by Crippen LogP contribution is 2.14. The number of sulfonamides is 1. The molecule has 0 unspecified atom stereocenters. The molecule has 0 fully saturated rings. The molecule has 0 saturated heterocycles. The van der Waals surface area contributed by atoms with Gasteiger partial charge in [0.1, 0.15) is 0 Å². The van der Waals surface area contributed by atoms with E-state index < -0.39 is 40.1 Å². The second-order valence-electron chi connectivity index (χ2n) is 6.64. The highest BCUT2D eigenvalue weighted by molar-refractivity contribution is 7.89. The van der Waals surface area contributed by atoms with Gasteiger partial charge in [0.15, 0.2) is 6.61 Å². The summed E-state index contributed by atoms with van der Waals surface area (Å²) in [6.45, 7) is 4.60. The Kier molecular flexibility index (Phi) is 6.87. The maximum Gasteiger partial charge on any atom is 0.338 e. The van der Waals surface area contributed by atoms with Crippen molar-refractivity contribution in [3.63, 3.8) is 0 Å². The largest absolute Gasteiger partial charge is 0.452 e. The Hall–Kier alpha value is -2.46. The molecule has 1 rings (SSSR count). The molecule has 10 heteroatoms. The lowest BCUT2D eigenvalue weighted by Crippen LogP contribution is -2.49. The molecule has 3 amide bonds. The normalized spacial score (nSPS) is 11.8. The summed E-state index contributed by atoms with van der Waals surface area (Å²) in [5.41, 5.74) is -0.440. The van der Waals surface area contributed by atoms with Gasteiger partial charge >= 0.3 is 12.0 Å². The third kappa shape index (κ3) is 6.45. The second-order valence-corrected chi connectivity index (χ2v) is 8.79. The fraction of sp³-hybridized carbons (Fsp3) is 0.438. The van der Waals surface area contributed by atoms with E-state index in [2.05, 4.69) is 5.32 Å². The predicted octanol–water partition coefficient (Wildman–Crippen LogP) is 0.718. The van der Waals surface area contributed by atoms with Crippen LogP contribution in [-0.4, -0.2) is 56.9 Å². The number of ether oxygens (including phenoxy) is 1. The smallest absolute Gasteiger partial charge is 0.338 e. The van der Waals surface area contributed by atoms with Crippen LogP contribution in [-0.2, 0) is 19.6 Å². The molecule has 0 heterocycles. The summed E-state index contributed by atoms with van der Waals surface area (Å²) in [4.78, 5) is 35.0. The Morgan fingerprint density at radius 2 is 1.62 bits per heavy atom. The van der Waals surface area contributed by atoms with E-state index in [0.717, 1.165) is 4.31 Å². The van der Waals surface area contributed by atoms with Crippen molar-refractivity contribution in [2.24, 2.45) is 0 Å². The topological polar surface area (TPSA) is 122 Å². The summed E-state index contributed by atoms with van der Waals surface area (Å²) in [6.07, 6.45) is 0. The molecule has 144 valence electrons. The van der Waals surface area contributed by atoms with E-state index in [1.54, 1.807) is 20.8 Å². The van der Waals surface area contributed by atoms with Crippen molar-refractivity contribution >= 4 is 27.9 Å². The molecule has 0 spiro atoms. The van der Waals surface area contributed by atoms with Gasteiger partial charge in [-0.1, -0.05) is 0 Å². The first-order valence-corrected chi connectivity index (χ1v) is 9.08. The Balaban J connectivity index is 2.61. The minimum atomic E-state index is -3.60. The van der Waals surface area contributed by atoms with E-state index in [4.69, 9.17) is 4.74 Å². The quantitative estimate of drug-likeness (QED) is 0.720. The predicted molar refractivity (Wildman–Crippen MR) is 94.0 cm³/mol. The minimum absolute atomic E-state index is 0.0237. The summed E-state index contributed by atoms with van der Waals surface area (Å²) >= 11 is 0. The number of imide groups is 1. The first-order valence-electron chi connectivity index (χ1n) is 7.64. The summed E-state index contributed by atoms with van der Waals surface area (Å²) in [7, 11) is -0.811. The number of esters is 1. The van der Waals surface area contributed by atoms with Crippen LogP contribution in [0.25, 0.3) is 0 Å². The van der Waals surface area contributed by atoms with Gasteiger partial charge in [-0.25, -0.2) is 22.3 Å². The van der Waals surface area contributed by atoms with E-state index in [9.17, 15) is 22.8 Å². The fourth-order valence-electron chi connectivity index (χ4n) is 1.72. The van der Waals surface area contributed by atoms with Crippen LogP contribution in [0.2, 0.25) is 0 Å². The average Bonchev–Trinajstić information content (AvgIpc) is 2.50. The van der Waals surface area contributed by atoms with Crippen molar-refractivity contribution in [2.75, 3.05) is 20.7 Å². The number of nitrogens with one attached hydrogen (secondary N) is 2. The van der Waals surface area contributed by atoms with Crippen LogP contribution in [0, 0.1) is 0 Å². The fourth-order valence-corrected chi connectivity index (χ4v) is 2.62. The van der Waals surface area contributed by atoms with E-state index >= 15 is 0 Å². The molecule has 2 N–H and O–H groups in total. The number of nitrogens with zero attached hydrogens (tertiary/aromatic N) is 1. The van der Waals surface area contributed by atoms with Crippen LogP contribution in [0.3, 0.4) is 0 Å². The Labute approximate surface area is 152 Å². The SMILES string of the molecule is CN(C)S(=O)(=O)c1ccc(C(=O)OCC(=O)NC(=O)NC(C)(C)C)cc1. The molecule has 0 aliphatic rings. The van der Waals surface area contributed by atoms with Crippen LogP contribution in [0.1, 0.15) is 31.1 Å². The lowest BCUT2D eigenvalue weighted by Gasteiger charge is -2.20. The lowest BCUT2D eigenvalue weighted by molar-refractivity contribution is -0.123. The Bertz CT molecular complexity index is 779. The molecule has 0 bridgehead atoms. The monoisotopic (exact) mass is 385 g/mol. The Morgan fingerprint density at radius 1 is 1.08 bits per heavy atom. The van der Waals surface area contributed by atoms with Gasteiger partial charge in [-0.05, 0) is 45.0 Å². The van der Waals surface area contributed by atoms with Gasteiger partial charge in [0, 0.05) is 19.6 Å². The molecule has 9 nitrogen and oxygen atoms in total. The standard InChI is InChI=1S/C16H23N3O6S/c1-16(2,3)18-15(22)17-13(20)10-25-14(21)11-6-8-12(9-7-11)26(23,24)19(4)5/h6-9H,10H2,1-5H3,(H2,17,18,20,22). The number of benzene rings is 1. The van der Waals surface area contributed by atoms with E-state index in [0.29, 0.717) is 0 Å². The van der Waals surface area contributed by atoms with Gasteiger partial charge in [0.25, 0.3) is 5.91 Å². The zero-order valence-corrected chi connectivity index (χ0v) is 16.1. The maximum absolute atomic E-state index is 11.9. The summed E-state index contributed by atoms with van der Waals surface area (Å²) in [6, 6.07) is 4.40. The molecule has 1 aromatic rings. The van der Waals surface area contributed by atoms with Gasteiger partial charge in [-0.2, -0.15) is 0 Å². The number of amides is 3. The van der Waals surface area contributed by atoms with Gasteiger partial charge < -0.3 is 10.1 Å². The van der Waals surface area contributed by atoms with E-state index in [1.165, 1.54) is 38.4 Å². The van der Waals surface area contributed by atoms with Crippen molar-refractivity contribution in [3.05, 3.63) is 29.8 Å². The molecule has 1 aromatic carbocycles. The van der Waals surface area contributed by atoms with Crippen molar-refractivity contribution in [1.82, 2.24) is 14.9 Å². The van der Waals surface area contributed by atoms with Gasteiger partial charge in [0.05, 0.1) is 10.5 Å². The summed E-state index contributed by atoms with van der Waals surface area (Å²) in [5.74, 6) is -1.60. The van der Waals surface area contributed by atoms with Gasteiger partial charge in [-0.15, -0.1) is 0 Å². The number of carbonyl (C=O) groups is 3. The van der Waals surface area contributed by atoms with Crippen molar-refractivity contribution in [1.29, 1.82) is 0 Å². The van der Waals surface area contributed by atoms with E-state index in [-0.39, 0.29) is 10.5 Å². The van der Waals surface area contributed by atoms with Gasteiger partial charge in [0.2, 0.25) is 10.0 Å². The van der Waals surface area contributed by atoms with Crippen LogP contribution in [0.15, 0.2) is 29.2 Å². The van der Waals surface area contributed by atoms with Crippen LogP contribution in [0.4, 0.5) is 4.79 Å². The molecule has 0 aromatic heterocycles. The minimum Gasteiger partial charge on any atom is -0.452 e. The highest BCUT2D eigenvalue weighted by Gasteiger charge is 2.19. The number of hydrogen-bond donors (Lipinski definition) is 2. The zero-order valence-electron chi connectivity index (χ0n) is 15.3. The average molecular weight is 385 g/mol. The molecule has 0 radical (unpaired) electrons. The molecular formula is C16H23N3O6S. The molecular weight excluding hydrogens is 362 g/mol. The van der Waals surface area contributed by atoms with Gasteiger partial charge in [-0.3, -0.25) is 10.1 Å². The van der Waals surface area contributed by atoms with Crippen molar-refractivity contribution in [3.8, 4) is 0 Å². The van der Waals surface area contributed by atoms with E-state index in [1.807, 2.05) is 5.32 Å². The highest BCUT2D eigenvalue weighted by atomic mass is 32.2. The third-order valence-electron chi connectivity index (χ3n) is 2.94. The molecule has 0 saturated carbocycles. The number of hydrogen-bond acceptors (Lipinski definition) is 6. The number of rotatable bonds is 5. The maximum atomic E-state index is 11.9. The lowest BCUT2D eigenvalue weighted by atomic mass is 10.1.